The molecule has 7 heteroatoms. The molecule has 2 aromatic rings. The molecule has 4 rings (SSSR count). The van der Waals surface area contributed by atoms with Gasteiger partial charge in [-0.15, -0.1) is 0 Å². The third-order valence-corrected chi connectivity index (χ3v) is 5.28. The highest BCUT2D eigenvalue weighted by atomic mass is 19.4. The summed E-state index contributed by atoms with van der Waals surface area (Å²) in [5.74, 6) is -1.70. The molecule has 0 spiro atoms. The first-order chi connectivity index (χ1) is 12.7. The van der Waals surface area contributed by atoms with Crippen LogP contribution in [-0.2, 0) is 12.8 Å². The van der Waals surface area contributed by atoms with Gasteiger partial charge in [0.05, 0.1) is 0 Å². The van der Waals surface area contributed by atoms with E-state index in [1.165, 1.54) is 6.92 Å². The molecule has 27 heavy (non-hydrogen) atoms. The van der Waals surface area contributed by atoms with Crippen molar-refractivity contribution >= 4 is 17.2 Å². The highest BCUT2D eigenvalue weighted by Gasteiger charge is 2.41. The van der Waals surface area contributed by atoms with E-state index in [2.05, 4.69) is 5.32 Å². The van der Waals surface area contributed by atoms with Crippen LogP contribution in [0.25, 0.3) is 16.7 Å². The second-order valence-corrected chi connectivity index (χ2v) is 6.83. The molecule has 140 valence electrons. The number of allylic oxidation sites excluding steroid dienone is 2. The summed E-state index contributed by atoms with van der Waals surface area (Å²) >= 11 is 0. The van der Waals surface area contributed by atoms with E-state index in [0.717, 1.165) is 30.3 Å². The molecule has 2 aliphatic rings. The number of amides is 1. The van der Waals surface area contributed by atoms with Crippen LogP contribution in [0.15, 0.2) is 29.8 Å². The van der Waals surface area contributed by atoms with Crippen LogP contribution < -0.4 is 11.1 Å². The van der Waals surface area contributed by atoms with Crippen LogP contribution in [0.4, 0.5) is 23.2 Å². The highest BCUT2D eigenvalue weighted by molar-refractivity contribution is 6.00. The molecule has 0 radical (unpaired) electrons. The number of hydrogen-bond donors (Lipinski definition) is 2. The summed E-state index contributed by atoms with van der Waals surface area (Å²) < 4.78 is 55.3. The molecule has 1 aliphatic carbocycles. The Bertz CT molecular complexity index is 1020. The quantitative estimate of drug-likeness (QED) is 0.761. The minimum atomic E-state index is -4.56. The molecule has 1 heterocycles. The monoisotopic (exact) mass is 376 g/mol. The van der Waals surface area contributed by atoms with Crippen molar-refractivity contribution in [3.05, 3.63) is 57.9 Å². The average molecular weight is 376 g/mol. The van der Waals surface area contributed by atoms with Gasteiger partial charge in [0.25, 0.3) is 0 Å². The van der Waals surface area contributed by atoms with Crippen LogP contribution in [0.1, 0.15) is 34.0 Å². The molecule has 3 nitrogen and oxygen atoms in total. The second kappa shape index (κ2) is 5.84. The van der Waals surface area contributed by atoms with E-state index in [0.29, 0.717) is 5.56 Å². The van der Waals surface area contributed by atoms with Gasteiger partial charge in [0.15, 0.2) is 0 Å². The maximum absolute atomic E-state index is 15.0. The lowest BCUT2D eigenvalue weighted by Crippen LogP contribution is -2.16. The predicted molar refractivity (Wildman–Crippen MR) is 94.9 cm³/mol. The van der Waals surface area contributed by atoms with Crippen molar-refractivity contribution in [2.24, 2.45) is 5.73 Å². The van der Waals surface area contributed by atoms with Crippen molar-refractivity contribution in [2.45, 2.75) is 25.9 Å². The zero-order chi connectivity index (χ0) is 19.5. The second-order valence-electron chi connectivity index (χ2n) is 6.83. The molecule has 0 atom stereocenters. The maximum Gasteiger partial charge on any atom is 0.413 e. The number of rotatable bonds is 2. The van der Waals surface area contributed by atoms with E-state index < -0.39 is 29.9 Å². The number of hydrogen-bond acceptors (Lipinski definition) is 2. The lowest BCUT2D eigenvalue weighted by atomic mass is 9.89. The van der Waals surface area contributed by atoms with E-state index >= 15 is 0 Å². The summed E-state index contributed by atoms with van der Waals surface area (Å²) in [6.45, 7) is 2.07. The van der Waals surface area contributed by atoms with Crippen LogP contribution in [0.5, 0.6) is 0 Å². The molecular formula is C20H16F4N2O. The fourth-order valence-electron chi connectivity index (χ4n) is 4.01. The number of nitrogens with two attached hydrogens (primary N) is 1. The number of primary amides is 1. The number of halogens is 4. The Morgan fingerprint density at radius 1 is 1.19 bits per heavy atom. The SMILES string of the molecule is CC1=C(C(F)(F)F)Cc2c(C(N)=O)cc(F)c(-c3ccc4c(c3)NCC4)c21. The van der Waals surface area contributed by atoms with Gasteiger partial charge in [0.2, 0.25) is 5.91 Å². The van der Waals surface area contributed by atoms with Gasteiger partial charge in [0.1, 0.15) is 5.82 Å². The van der Waals surface area contributed by atoms with E-state index in [1.807, 2.05) is 6.07 Å². The Morgan fingerprint density at radius 3 is 2.59 bits per heavy atom. The van der Waals surface area contributed by atoms with Crippen molar-refractivity contribution in [1.82, 2.24) is 0 Å². The fourth-order valence-corrected chi connectivity index (χ4v) is 4.01. The minimum absolute atomic E-state index is 0.0667. The van der Waals surface area contributed by atoms with Gasteiger partial charge in [-0.2, -0.15) is 13.2 Å². The van der Waals surface area contributed by atoms with Crippen LogP contribution in [-0.4, -0.2) is 18.6 Å². The average Bonchev–Trinajstić information content (AvgIpc) is 3.18. The van der Waals surface area contributed by atoms with Crippen molar-refractivity contribution in [3.8, 4) is 11.1 Å². The standard InChI is InChI=1S/C20H16F4N2O/c1-9-14(20(22,23)24)7-12-13(19(25)27)8-15(21)18(17(9)12)11-3-2-10-4-5-26-16(10)6-11/h2-3,6,8,26H,4-5,7H2,1H3,(H2,25,27). The summed E-state index contributed by atoms with van der Waals surface area (Å²) in [5, 5.41) is 3.18. The Morgan fingerprint density at radius 2 is 1.93 bits per heavy atom. The minimum Gasteiger partial charge on any atom is -0.384 e. The third kappa shape index (κ3) is 2.69. The van der Waals surface area contributed by atoms with Crippen molar-refractivity contribution in [1.29, 1.82) is 0 Å². The number of fused-ring (bicyclic) bond motifs is 2. The summed E-state index contributed by atoms with van der Waals surface area (Å²) in [6, 6.07) is 6.23. The smallest absolute Gasteiger partial charge is 0.384 e. The van der Waals surface area contributed by atoms with Crippen LogP contribution in [0.3, 0.4) is 0 Å². The summed E-state index contributed by atoms with van der Waals surface area (Å²) in [4.78, 5) is 11.7. The first-order valence-corrected chi connectivity index (χ1v) is 8.48. The Balaban J connectivity index is 2.01. The first kappa shape index (κ1) is 17.6. The predicted octanol–water partition coefficient (Wildman–Crippen LogP) is 4.45. The fraction of sp³-hybridized carbons (Fsp3) is 0.250. The summed E-state index contributed by atoms with van der Waals surface area (Å²) in [5.41, 5.74) is 6.98. The van der Waals surface area contributed by atoms with Crippen LogP contribution >= 0.6 is 0 Å². The molecule has 0 saturated carbocycles. The lowest BCUT2D eigenvalue weighted by molar-refractivity contribution is -0.0921. The molecule has 0 unspecified atom stereocenters. The Kier molecular flexibility index (Phi) is 3.80. The molecule has 0 saturated heterocycles. The Labute approximate surface area is 152 Å². The molecule has 0 fully saturated rings. The number of alkyl halides is 3. The molecule has 0 aromatic heterocycles. The third-order valence-electron chi connectivity index (χ3n) is 5.28. The first-order valence-electron chi connectivity index (χ1n) is 8.48. The highest BCUT2D eigenvalue weighted by Crippen LogP contribution is 2.47. The van der Waals surface area contributed by atoms with Gasteiger partial charge in [-0.05, 0) is 53.3 Å². The number of anilines is 1. The summed E-state index contributed by atoms with van der Waals surface area (Å²) in [6.07, 6.45) is -4.21. The zero-order valence-corrected chi connectivity index (χ0v) is 14.4. The van der Waals surface area contributed by atoms with E-state index in [4.69, 9.17) is 5.73 Å². The van der Waals surface area contributed by atoms with E-state index in [1.54, 1.807) is 12.1 Å². The number of benzene rings is 2. The van der Waals surface area contributed by atoms with Gasteiger partial charge in [0, 0.05) is 35.4 Å². The molecule has 1 amide bonds. The van der Waals surface area contributed by atoms with Crippen molar-refractivity contribution < 1.29 is 22.4 Å². The Hall–Kier alpha value is -2.83. The zero-order valence-electron chi connectivity index (χ0n) is 14.4. The van der Waals surface area contributed by atoms with E-state index in [-0.39, 0.29) is 27.8 Å². The van der Waals surface area contributed by atoms with Crippen molar-refractivity contribution in [3.63, 3.8) is 0 Å². The largest absolute Gasteiger partial charge is 0.413 e. The summed E-state index contributed by atoms with van der Waals surface area (Å²) in [7, 11) is 0. The van der Waals surface area contributed by atoms with E-state index in [9.17, 15) is 22.4 Å². The van der Waals surface area contributed by atoms with Gasteiger partial charge < -0.3 is 11.1 Å². The molecule has 2 aromatic carbocycles. The van der Waals surface area contributed by atoms with Crippen molar-refractivity contribution in [2.75, 3.05) is 11.9 Å². The lowest BCUT2D eigenvalue weighted by Gasteiger charge is -2.15. The number of carbonyl (C=O) groups excluding carboxylic acids is 1. The topological polar surface area (TPSA) is 55.1 Å². The van der Waals surface area contributed by atoms with Gasteiger partial charge in [-0.25, -0.2) is 4.39 Å². The van der Waals surface area contributed by atoms with Crippen LogP contribution in [0, 0.1) is 5.82 Å². The van der Waals surface area contributed by atoms with Gasteiger partial charge in [-0.3, -0.25) is 4.79 Å². The van der Waals surface area contributed by atoms with Gasteiger partial charge in [-0.1, -0.05) is 12.1 Å². The molecule has 3 N–H and O–H groups in total. The normalized spacial score (nSPS) is 15.6. The van der Waals surface area contributed by atoms with Crippen LogP contribution in [0.2, 0.25) is 0 Å². The number of carbonyl (C=O) groups is 1. The molecule has 1 aliphatic heterocycles. The van der Waals surface area contributed by atoms with Gasteiger partial charge >= 0.3 is 6.18 Å². The molecular weight excluding hydrogens is 360 g/mol. The maximum atomic E-state index is 15.0. The number of nitrogens with one attached hydrogen (secondary N) is 1. The molecule has 0 bridgehead atoms.